The molecule has 1 aromatic carbocycles. The molecule has 4 rings (SSSR count). The molecular weight excluding hydrogens is 300 g/mol. The predicted molar refractivity (Wildman–Crippen MR) is 95.7 cm³/mol. The van der Waals surface area contributed by atoms with Gasteiger partial charge in [0, 0.05) is 49.8 Å². The number of rotatable bonds is 5. The van der Waals surface area contributed by atoms with Crippen LogP contribution in [0.15, 0.2) is 30.5 Å². The maximum Gasteiger partial charge on any atom is 0.239 e. The number of carbonyl (C=O) groups is 1. The van der Waals surface area contributed by atoms with Crippen LogP contribution >= 0.6 is 0 Å². The lowest BCUT2D eigenvalue weighted by atomic mass is 10.0. The van der Waals surface area contributed by atoms with E-state index in [1.807, 2.05) is 29.3 Å². The van der Waals surface area contributed by atoms with Crippen molar-refractivity contribution in [2.24, 2.45) is 11.7 Å². The number of aromatic amines is 1. The van der Waals surface area contributed by atoms with Crippen LogP contribution in [0, 0.1) is 5.92 Å². The van der Waals surface area contributed by atoms with Crippen LogP contribution in [-0.4, -0.2) is 59.5 Å². The number of fused-ring (bicyclic) bond motifs is 1. The molecule has 1 aromatic heterocycles. The molecule has 1 saturated heterocycles. The molecule has 2 heterocycles. The van der Waals surface area contributed by atoms with E-state index in [1.165, 1.54) is 19.4 Å². The number of H-pyrrole nitrogens is 1. The van der Waals surface area contributed by atoms with Gasteiger partial charge in [0.25, 0.3) is 0 Å². The summed E-state index contributed by atoms with van der Waals surface area (Å²) in [6, 6.07) is 7.69. The second kappa shape index (κ2) is 6.57. The first-order valence-electron chi connectivity index (χ1n) is 9.02. The maximum absolute atomic E-state index is 12.7. The molecule has 0 unspecified atom stereocenters. The molecular formula is C19H26N4O. The van der Waals surface area contributed by atoms with Gasteiger partial charge in [-0.1, -0.05) is 18.2 Å². The van der Waals surface area contributed by atoms with Crippen LogP contribution in [0.1, 0.15) is 18.4 Å². The molecule has 1 amide bonds. The summed E-state index contributed by atoms with van der Waals surface area (Å²) in [4.78, 5) is 20.4. The summed E-state index contributed by atoms with van der Waals surface area (Å²) in [5, 5.41) is 1.16. The van der Waals surface area contributed by atoms with Crippen molar-refractivity contribution in [3.8, 4) is 0 Å². The number of nitrogens with one attached hydrogen (secondary N) is 1. The molecule has 1 atom stereocenters. The molecule has 0 radical (unpaired) electrons. The Morgan fingerprint density at radius 2 is 1.96 bits per heavy atom. The molecule has 1 aliphatic carbocycles. The van der Waals surface area contributed by atoms with Crippen molar-refractivity contribution in [3.05, 3.63) is 36.0 Å². The zero-order valence-electron chi connectivity index (χ0n) is 14.1. The number of piperazine rings is 1. The van der Waals surface area contributed by atoms with Crippen LogP contribution in [0.3, 0.4) is 0 Å². The maximum atomic E-state index is 12.7. The van der Waals surface area contributed by atoms with Crippen molar-refractivity contribution in [2.45, 2.75) is 25.3 Å². The first-order chi connectivity index (χ1) is 11.7. The van der Waals surface area contributed by atoms with Gasteiger partial charge in [-0.2, -0.15) is 0 Å². The Morgan fingerprint density at radius 1 is 1.21 bits per heavy atom. The van der Waals surface area contributed by atoms with Crippen LogP contribution in [-0.2, 0) is 11.2 Å². The van der Waals surface area contributed by atoms with E-state index in [0.29, 0.717) is 6.42 Å². The van der Waals surface area contributed by atoms with Crippen LogP contribution in [0.5, 0.6) is 0 Å². The Kier molecular flexibility index (Phi) is 4.29. The van der Waals surface area contributed by atoms with Gasteiger partial charge in [0.2, 0.25) is 5.91 Å². The number of nitrogens with zero attached hydrogens (tertiary/aromatic N) is 2. The molecule has 128 valence electrons. The van der Waals surface area contributed by atoms with Crippen LogP contribution in [0.4, 0.5) is 0 Å². The molecule has 2 aromatic rings. The Labute approximate surface area is 142 Å². The highest BCUT2D eigenvalue weighted by molar-refractivity contribution is 5.86. The number of carbonyl (C=O) groups excluding carboxylic acids is 1. The average molecular weight is 326 g/mol. The smallest absolute Gasteiger partial charge is 0.239 e. The quantitative estimate of drug-likeness (QED) is 0.877. The van der Waals surface area contributed by atoms with E-state index < -0.39 is 6.04 Å². The van der Waals surface area contributed by atoms with Crippen molar-refractivity contribution in [3.63, 3.8) is 0 Å². The zero-order chi connectivity index (χ0) is 16.5. The van der Waals surface area contributed by atoms with E-state index in [9.17, 15) is 4.79 Å². The molecule has 5 heteroatoms. The summed E-state index contributed by atoms with van der Waals surface area (Å²) in [5.41, 5.74) is 8.46. The molecule has 24 heavy (non-hydrogen) atoms. The Morgan fingerprint density at radius 3 is 2.71 bits per heavy atom. The van der Waals surface area contributed by atoms with Gasteiger partial charge in [0.15, 0.2) is 0 Å². The summed E-state index contributed by atoms with van der Waals surface area (Å²) < 4.78 is 0. The van der Waals surface area contributed by atoms with E-state index in [2.05, 4.69) is 16.0 Å². The van der Waals surface area contributed by atoms with Gasteiger partial charge in [-0.3, -0.25) is 9.69 Å². The highest BCUT2D eigenvalue weighted by Crippen LogP contribution is 2.30. The third kappa shape index (κ3) is 3.32. The van der Waals surface area contributed by atoms with Crippen molar-refractivity contribution in [1.82, 2.24) is 14.8 Å². The SMILES string of the molecule is N[C@@H](Cc1c[nH]c2ccccc12)C(=O)N1CCN(CC2CC2)CC1. The lowest BCUT2D eigenvalue weighted by Crippen LogP contribution is -2.53. The number of aromatic nitrogens is 1. The molecule has 2 aliphatic rings. The predicted octanol–water partition coefficient (Wildman–Crippen LogP) is 1.59. The van der Waals surface area contributed by atoms with Crippen molar-refractivity contribution < 1.29 is 4.79 Å². The normalized spacial score (nSPS) is 20.5. The Bertz CT molecular complexity index is 713. The number of hydrogen-bond donors (Lipinski definition) is 2. The fourth-order valence-corrected chi connectivity index (χ4v) is 3.68. The van der Waals surface area contributed by atoms with Gasteiger partial charge in [-0.05, 0) is 36.8 Å². The second-order valence-electron chi connectivity index (χ2n) is 7.24. The third-order valence-electron chi connectivity index (χ3n) is 5.33. The standard InChI is InChI=1S/C19H26N4O/c20-17(11-15-12-21-18-4-2-1-3-16(15)18)19(24)23-9-7-22(8-10-23)13-14-5-6-14/h1-4,12,14,17,21H,5-11,13,20H2/t17-/m0/s1. The van der Waals surface area contributed by atoms with Crippen LogP contribution < -0.4 is 5.73 Å². The highest BCUT2D eigenvalue weighted by atomic mass is 16.2. The Hall–Kier alpha value is -1.85. The van der Waals surface area contributed by atoms with Gasteiger partial charge in [-0.15, -0.1) is 0 Å². The number of benzene rings is 1. The molecule has 1 aliphatic heterocycles. The Balaban J connectivity index is 1.34. The molecule has 3 N–H and O–H groups in total. The lowest BCUT2D eigenvalue weighted by Gasteiger charge is -2.36. The molecule has 0 bridgehead atoms. The summed E-state index contributed by atoms with van der Waals surface area (Å²) >= 11 is 0. The minimum absolute atomic E-state index is 0.0892. The summed E-state index contributed by atoms with van der Waals surface area (Å²) in [5.74, 6) is 1.00. The number of hydrogen-bond acceptors (Lipinski definition) is 3. The van der Waals surface area contributed by atoms with Crippen LogP contribution in [0.2, 0.25) is 0 Å². The monoisotopic (exact) mass is 326 g/mol. The largest absolute Gasteiger partial charge is 0.361 e. The van der Waals surface area contributed by atoms with E-state index in [-0.39, 0.29) is 5.91 Å². The first kappa shape index (κ1) is 15.7. The van der Waals surface area contributed by atoms with Gasteiger partial charge >= 0.3 is 0 Å². The molecule has 5 nitrogen and oxygen atoms in total. The van der Waals surface area contributed by atoms with Crippen LogP contribution in [0.25, 0.3) is 10.9 Å². The molecule has 2 fully saturated rings. The van der Waals surface area contributed by atoms with Crippen molar-refractivity contribution >= 4 is 16.8 Å². The lowest BCUT2D eigenvalue weighted by molar-refractivity contribution is -0.134. The van der Waals surface area contributed by atoms with Gasteiger partial charge in [0.1, 0.15) is 0 Å². The number of nitrogens with two attached hydrogens (primary N) is 1. The zero-order valence-corrected chi connectivity index (χ0v) is 14.1. The minimum Gasteiger partial charge on any atom is -0.361 e. The van der Waals surface area contributed by atoms with E-state index in [1.54, 1.807) is 0 Å². The van der Waals surface area contributed by atoms with E-state index in [4.69, 9.17) is 5.73 Å². The summed E-state index contributed by atoms with van der Waals surface area (Å²) in [6.45, 7) is 4.81. The topological polar surface area (TPSA) is 65.4 Å². The van der Waals surface area contributed by atoms with Crippen molar-refractivity contribution in [2.75, 3.05) is 32.7 Å². The van der Waals surface area contributed by atoms with Gasteiger partial charge in [-0.25, -0.2) is 0 Å². The van der Waals surface area contributed by atoms with Gasteiger partial charge in [0.05, 0.1) is 6.04 Å². The van der Waals surface area contributed by atoms with E-state index in [0.717, 1.165) is 48.6 Å². The fourth-order valence-electron chi connectivity index (χ4n) is 3.68. The summed E-state index contributed by atoms with van der Waals surface area (Å²) in [7, 11) is 0. The second-order valence-corrected chi connectivity index (χ2v) is 7.24. The molecule has 1 saturated carbocycles. The van der Waals surface area contributed by atoms with Gasteiger partial charge < -0.3 is 15.6 Å². The van der Waals surface area contributed by atoms with E-state index >= 15 is 0 Å². The highest BCUT2D eigenvalue weighted by Gasteiger charge is 2.29. The fraction of sp³-hybridized carbons (Fsp3) is 0.526. The average Bonchev–Trinajstić information content (AvgIpc) is 3.34. The number of para-hydroxylation sites is 1. The third-order valence-corrected chi connectivity index (χ3v) is 5.33. The summed E-state index contributed by atoms with van der Waals surface area (Å²) in [6.07, 6.45) is 5.33. The van der Waals surface area contributed by atoms with Crippen molar-refractivity contribution in [1.29, 1.82) is 0 Å². The minimum atomic E-state index is -0.459. The number of amides is 1. The first-order valence-corrected chi connectivity index (χ1v) is 9.02. The molecule has 0 spiro atoms.